The second-order valence-corrected chi connectivity index (χ2v) is 5.34. The molecule has 0 spiro atoms. The van der Waals surface area contributed by atoms with Crippen LogP contribution < -0.4 is 0 Å². The molecule has 0 aliphatic rings. The van der Waals surface area contributed by atoms with E-state index >= 15 is 0 Å². The molecule has 0 aliphatic heterocycles. The van der Waals surface area contributed by atoms with E-state index in [2.05, 4.69) is 27.7 Å². The van der Waals surface area contributed by atoms with Gasteiger partial charge in [-0.2, -0.15) is 0 Å². The van der Waals surface area contributed by atoms with Gasteiger partial charge in [0.25, 0.3) is 0 Å². The molecule has 14 heavy (non-hydrogen) atoms. The Morgan fingerprint density at radius 3 is 2.29 bits per heavy atom. The molecule has 2 nitrogen and oxygen atoms in total. The molecule has 1 heterocycles. The van der Waals surface area contributed by atoms with Gasteiger partial charge in [0.1, 0.15) is 22.0 Å². The van der Waals surface area contributed by atoms with Crippen molar-refractivity contribution in [3.05, 3.63) is 22.6 Å². The first kappa shape index (κ1) is 11.5. The molecule has 0 fully saturated rings. The lowest BCUT2D eigenvalue weighted by Gasteiger charge is -2.19. The van der Waals surface area contributed by atoms with E-state index in [4.69, 9.17) is 8.84 Å². The summed E-state index contributed by atoms with van der Waals surface area (Å²) in [6, 6.07) is 0. The van der Waals surface area contributed by atoms with Crippen LogP contribution in [0.4, 0.5) is 0 Å². The Morgan fingerprint density at radius 1 is 1.29 bits per heavy atom. The molecule has 1 aromatic rings. The molecule has 1 aromatic heterocycles. The van der Waals surface area contributed by atoms with Crippen molar-refractivity contribution in [3.63, 3.8) is 0 Å². The molecule has 3 heteroatoms. The zero-order valence-corrected chi connectivity index (χ0v) is 12.0. The summed E-state index contributed by atoms with van der Waals surface area (Å²) in [5.41, 5.74) is 2.72. The Labute approximate surface area is 89.2 Å². The first-order chi connectivity index (χ1) is 6.38. The zero-order chi connectivity index (χ0) is 10.9. The van der Waals surface area contributed by atoms with Crippen LogP contribution in [0.3, 0.4) is 0 Å². The Kier molecular flexibility index (Phi) is 3.22. The third-order valence-corrected chi connectivity index (χ3v) is 2.77. The third-order valence-electron chi connectivity index (χ3n) is 2.48. The minimum absolute atomic E-state index is 0.136. The predicted octanol–water partition coefficient (Wildman–Crippen LogP) is 1.99. The summed E-state index contributed by atoms with van der Waals surface area (Å²) in [5.74, 6) is 2.02. The fourth-order valence-electron chi connectivity index (χ4n) is 1.91. The SMILES string of the molecule is Cc1oc(CO[SiH3])c(C(C)(C)C)c1C. The van der Waals surface area contributed by atoms with Gasteiger partial charge in [-0.3, -0.25) is 0 Å². The maximum Gasteiger partial charge on any atom is 0.146 e. The van der Waals surface area contributed by atoms with Gasteiger partial charge in [0.2, 0.25) is 0 Å². The minimum Gasteiger partial charge on any atom is -0.463 e. The average molecular weight is 212 g/mol. The highest BCUT2D eigenvalue weighted by molar-refractivity contribution is 5.97. The third kappa shape index (κ3) is 2.09. The molecule has 0 radical (unpaired) electrons. The molecule has 0 saturated heterocycles. The van der Waals surface area contributed by atoms with E-state index in [0.717, 1.165) is 22.0 Å². The van der Waals surface area contributed by atoms with Crippen molar-refractivity contribution in [3.8, 4) is 0 Å². The van der Waals surface area contributed by atoms with Gasteiger partial charge in [0, 0.05) is 5.56 Å². The average Bonchev–Trinajstić information content (AvgIpc) is 2.27. The lowest BCUT2D eigenvalue weighted by atomic mass is 9.84. The number of hydrogen-bond donors (Lipinski definition) is 0. The molecule has 0 amide bonds. The van der Waals surface area contributed by atoms with E-state index in [1.54, 1.807) is 0 Å². The van der Waals surface area contributed by atoms with Crippen LogP contribution in [0, 0.1) is 13.8 Å². The highest BCUT2D eigenvalue weighted by Crippen LogP contribution is 2.33. The summed E-state index contributed by atoms with van der Waals surface area (Å²) < 4.78 is 11.0. The fourth-order valence-corrected chi connectivity index (χ4v) is 2.17. The largest absolute Gasteiger partial charge is 0.463 e. The summed E-state index contributed by atoms with van der Waals surface area (Å²) in [5, 5.41) is 0. The van der Waals surface area contributed by atoms with Crippen molar-refractivity contribution >= 4 is 10.5 Å². The van der Waals surface area contributed by atoms with Gasteiger partial charge in [-0.05, 0) is 24.8 Å². The van der Waals surface area contributed by atoms with Crippen LogP contribution in [0.1, 0.15) is 43.4 Å². The second kappa shape index (κ2) is 3.91. The van der Waals surface area contributed by atoms with Gasteiger partial charge < -0.3 is 8.84 Å². The lowest BCUT2D eigenvalue weighted by molar-refractivity contribution is 0.285. The molecule has 0 saturated carbocycles. The molecule has 80 valence electrons. The number of hydrogen-bond acceptors (Lipinski definition) is 2. The monoisotopic (exact) mass is 212 g/mol. The number of rotatable bonds is 2. The Bertz CT molecular complexity index is 321. The summed E-state index contributed by atoms with van der Waals surface area (Å²) in [4.78, 5) is 0. The van der Waals surface area contributed by atoms with Crippen LogP contribution in [-0.4, -0.2) is 10.5 Å². The predicted molar refractivity (Wildman–Crippen MR) is 61.6 cm³/mol. The van der Waals surface area contributed by atoms with Gasteiger partial charge in [0.15, 0.2) is 0 Å². The van der Waals surface area contributed by atoms with Crippen LogP contribution in [0.5, 0.6) is 0 Å². The molecule has 0 bridgehead atoms. The van der Waals surface area contributed by atoms with Crippen LogP contribution in [0.25, 0.3) is 0 Å². The van der Waals surface area contributed by atoms with E-state index in [1.165, 1.54) is 11.1 Å². The number of furan rings is 1. The maximum absolute atomic E-state index is 5.71. The van der Waals surface area contributed by atoms with Crippen LogP contribution in [0.2, 0.25) is 0 Å². The summed E-state index contributed by atoms with van der Waals surface area (Å²) >= 11 is 0. The Hall–Kier alpha value is -0.543. The molecule has 1 rings (SSSR count). The summed E-state index contributed by atoms with van der Waals surface area (Å²) in [6.07, 6.45) is 0. The van der Waals surface area contributed by atoms with Crippen LogP contribution >= 0.6 is 0 Å². The van der Waals surface area contributed by atoms with E-state index in [1.807, 2.05) is 6.92 Å². The van der Waals surface area contributed by atoms with E-state index in [0.29, 0.717) is 6.61 Å². The summed E-state index contributed by atoms with van der Waals surface area (Å²) in [7, 11) is 0.756. The van der Waals surface area contributed by atoms with Crippen LogP contribution in [-0.2, 0) is 16.4 Å². The van der Waals surface area contributed by atoms with Crippen molar-refractivity contribution in [2.45, 2.75) is 46.6 Å². The molecule has 0 atom stereocenters. The zero-order valence-electron chi connectivity index (χ0n) is 10.0. The van der Waals surface area contributed by atoms with Crippen LogP contribution in [0.15, 0.2) is 4.42 Å². The topological polar surface area (TPSA) is 22.4 Å². The quantitative estimate of drug-likeness (QED) is 0.700. The van der Waals surface area contributed by atoms with E-state index < -0.39 is 0 Å². The fraction of sp³-hybridized carbons (Fsp3) is 0.636. The Morgan fingerprint density at radius 2 is 1.86 bits per heavy atom. The Balaban J connectivity index is 3.23. The van der Waals surface area contributed by atoms with Gasteiger partial charge in [-0.1, -0.05) is 20.8 Å². The van der Waals surface area contributed by atoms with Gasteiger partial charge >= 0.3 is 0 Å². The van der Waals surface area contributed by atoms with E-state index in [9.17, 15) is 0 Å². The smallest absolute Gasteiger partial charge is 0.146 e. The van der Waals surface area contributed by atoms with Gasteiger partial charge in [0.05, 0.1) is 6.61 Å². The van der Waals surface area contributed by atoms with Crippen molar-refractivity contribution in [1.29, 1.82) is 0 Å². The lowest BCUT2D eigenvalue weighted by Crippen LogP contribution is -2.14. The first-order valence-electron chi connectivity index (χ1n) is 4.96. The van der Waals surface area contributed by atoms with Gasteiger partial charge in [-0.15, -0.1) is 0 Å². The van der Waals surface area contributed by atoms with E-state index in [-0.39, 0.29) is 5.41 Å². The van der Waals surface area contributed by atoms with Crippen molar-refractivity contribution in [1.82, 2.24) is 0 Å². The number of aryl methyl sites for hydroxylation is 1. The highest BCUT2D eigenvalue weighted by Gasteiger charge is 2.25. The molecule has 0 N–H and O–H groups in total. The van der Waals surface area contributed by atoms with Crippen molar-refractivity contribution in [2.75, 3.05) is 0 Å². The first-order valence-corrected chi connectivity index (χ1v) is 5.78. The van der Waals surface area contributed by atoms with Gasteiger partial charge in [-0.25, -0.2) is 0 Å². The second-order valence-electron chi connectivity index (χ2n) is 4.76. The molecular formula is C11H20O2Si. The standard InChI is InChI=1S/C11H20O2Si/c1-7-8(2)13-9(6-12-14)10(7)11(3,4)5/h6H2,1-5,14H3. The normalized spacial score (nSPS) is 12.4. The minimum atomic E-state index is 0.136. The molecule has 0 aliphatic carbocycles. The molecule has 0 unspecified atom stereocenters. The highest BCUT2D eigenvalue weighted by atomic mass is 28.2. The molecule has 0 aromatic carbocycles. The maximum atomic E-state index is 5.71. The van der Waals surface area contributed by atoms with Crippen molar-refractivity contribution in [2.24, 2.45) is 0 Å². The molecular weight excluding hydrogens is 192 g/mol. The van der Waals surface area contributed by atoms with Crippen molar-refractivity contribution < 1.29 is 8.84 Å². The summed E-state index contributed by atoms with van der Waals surface area (Å²) in [6.45, 7) is 11.4.